The first-order chi connectivity index (χ1) is 16.8. The Morgan fingerprint density at radius 2 is 1.91 bits per heavy atom. The van der Waals surface area contributed by atoms with Crippen LogP contribution in [0.1, 0.15) is 42.6 Å². The van der Waals surface area contributed by atoms with Crippen molar-refractivity contribution in [1.29, 1.82) is 0 Å². The number of nitrogens with one attached hydrogen (secondary N) is 1. The minimum Gasteiger partial charge on any atom is -0.508 e. The minimum atomic E-state index is -1.04. The molecule has 0 spiro atoms. The van der Waals surface area contributed by atoms with Crippen LogP contribution >= 0.6 is 11.6 Å². The molecule has 0 unspecified atom stereocenters. The predicted molar refractivity (Wildman–Crippen MR) is 134 cm³/mol. The number of piperazine rings is 1. The Bertz CT molecular complexity index is 1330. The Hall–Kier alpha value is -3.03. The lowest BCUT2D eigenvalue weighted by Gasteiger charge is -2.53. The highest BCUT2D eigenvalue weighted by Crippen LogP contribution is 2.47. The van der Waals surface area contributed by atoms with Crippen molar-refractivity contribution < 1.29 is 14.7 Å². The smallest absolute Gasteiger partial charge is 0.249 e. The maximum Gasteiger partial charge on any atom is 0.249 e. The van der Waals surface area contributed by atoms with E-state index in [1.165, 1.54) is 12.8 Å². The van der Waals surface area contributed by atoms with E-state index in [9.17, 15) is 14.7 Å². The molecule has 35 heavy (non-hydrogen) atoms. The van der Waals surface area contributed by atoms with E-state index in [0.717, 1.165) is 47.4 Å². The van der Waals surface area contributed by atoms with Crippen molar-refractivity contribution in [1.82, 2.24) is 19.7 Å². The normalized spacial score (nSPS) is 24.8. The molecule has 7 nitrogen and oxygen atoms in total. The SMILES string of the molecule is C[C@@]12Cc3c([nH]c4ccc(Cl)cc34)[C@@H](c3cccc(O)c3)N1C(=O)CN(CCN1CCCC1)C2=O. The minimum absolute atomic E-state index is 0.0246. The van der Waals surface area contributed by atoms with Crippen LogP contribution in [0, 0.1) is 0 Å². The van der Waals surface area contributed by atoms with Crippen LogP contribution in [0.5, 0.6) is 5.75 Å². The van der Waals surface area contributed by atoms with E-state index in [1.54, 1.807) is 28.0 Å². The summed E-state index contributed by atoms with van der Waals surface area (Å²) < 4.78 is 0. The lowest BCUT2D eigenvalue weighted by atomic mass is 9.78. The Labute approximate surface area is 209 Å². The monoisotopic (exact) mass is 492 g/mol. The van der Waals surface area contributed by atoms with Crippen molar-refractivity contribution in [2.75, 3.05) is 32.7 Å². The molecule has 2 amide bonds. The zero-order valence-corrected chi connectivity index (χ0v) is 20.5. The van der Waals surface area contributed by atoms with Gasteiger partial charge in [-0.2, -0.15) is 0 Å². The molecular weight excluding hydrogens is 464 g/mol. The first kappa shape index (κ1) is 22.4. The average Bonchev–Trinajstić information content (AvgIpc) is 3.47. The van der Waals surface area contributed by atoms with Gasteiger partial charge in [-0.25, -0.2) is 0 Å². The maximum atomic E-state index is 14.0. The van der Waals surface area contributed by atoms with Crippen LogP contribution in [0.15, 0.2) is 42.5 Å². The number of aromatic hydroxyl groups is 1. The third kappa shape index (κ3) is 3.60. The van der Waals surface area contributed by atoms with Crippen LogP contribution < -0.4 is 0 Å². The van der Waals surface area contributed by atoms with Gasteiger partial charge in [-0.15, -0.1) is 0 Å². The number of rotatable bonds is 4. The van der Waals surface area contributed by atoms with Crippen molar-refractivity contribution >= 4 is 34.3 Å². The predicted octanol–water partition coefficient (Wildman–Crippen LogP) is 3.70. The van der Waals surface area contributed by atoms with Crippen LogP contribution in [0.4, 0.5) is 0 Å². The van der Waals surface area contributed by atoms with Crippen LogP contribution in [-0.4, -0.2) is 74.9 Å². The van der Waals surface area contributed by atoms with Crippen LogP contribution in [0.25, 0.3) is 10.9 Å². The molecular formula is C27H29ClN4O3. The first-order valence-corrected chi connectivity index (χ1v) is 12.7. The summed E-state index contributed by atoms with van der Waals surface area (Å²) in [6.07, 6.45) is 2.79. The molecule has 0 saturated carbocycles. The molecule has 6 rings (SSSR count). The molecule has 2 atom stereocenters. The molecule has 2 saturated heterocycles. The number of H-pyrrole nitrogens is 1. The summed E-state index contributed by atoms with van der Waals surface area (Å²) in [5.74, 6) is 0.0196. The van der Waals surface area contributed by atoms with E-state index in [2.05, 4.69) is 9.88 Å². The van der Waals surface area contributed by atoms with Gasteiger partial charge in [0, 0.05) is 41.1 Å². The third-order valence-corrected chi connectivity index (χ3v) is 8.13. The average molecular weight is 493 g/mol. The van der Waals surface area contributed by atoms with Crippen molar-refractivity contribution in [3.05, 3.63) is 64.3 Å². The second-order valence-electron chi connectivity index (χ2n) is 10.2. The number of phenolic OH excluding ortho intramolecular Hbond substituents is 1. The highest BCUT2D eigenvalue weighted by Gasteiger charge is 2.56. The first-order valence-electron chi connectivity index (χ1n) is 12.3. The molecule has 0 radical (unpaired) electrons. The number of halogens is 1. The number of amides is 2. The molecule has 2 fully saturated rings. The van der Waals surface area contributed by atoms with Gasteiger partial charge in [0.25, 0.3) is 0 Å². The number of carbonyl (C=O) groups excluding carboxylic acids is 2. The fourth-order valence-corrected chi connectivity index (χ4v) is 6.39. The van der Waals surface area contributed by atoms with E-state index in [4.69, 9.17) is 11.6 Å². The molecule has 0 aliphatic carbocycles. The molecule has 0 bridgehead atoms. The summed E-state index contributed by atoms with van der Waals surface area (Å²) in [5.41, 5.74) is 2.51. The number of fused-ring (bicyclic) bond motifs is 4. The highest BCUT2D eigenvalue weighted by atomic mass is 35.5. The van der Waals surface area contributed by atoms with E-state index in [-0.39, 0.29) is 24.1 Å². The van der Waals surface area contributed by atoms with Crippen molar-refractivity contribution in [2.45, 2.75) is 37.8 Å². The van der Waals surface area contributed by atoms with E-state index < -0.39 is 11.6 Å². The molecule has 2 N–H and O–H groups in total. The molecule has 2 aromatic carbocycles. The summed E-state index contributed by atoms with van der Waals surface area (Å²) in [6.45, 7) is 5.41. The van der Waals surface area contributed by atoms with Gasteiger partial charge < -0.3 is 24.8 Å². The van der Waals surface area contributed by atoms with Gasteiger partial charge in [0.15, 0.2) is 0 Å². The van der Waals surface area contributed by atoms with E-state index >= 15 is 0 Å². The number of aromatic nitrogens is 1. The molecule has 3 aliphatic rings. The molecule has 182 valence electrons. The largest absolute Gasteiger partial charge is 0.508 e. The fourth-order valence-electron chi connectivity index (χ4n) is 6.22. The number of hydrogen-bond acceptors (Lipinski definition) is 4. The number of carbonyl (C=O) groups is 2. The summed E-state index contributed by atoms with van der Waals surface area (Å²) in [7, 11) is 0. The topological polar surface area (TPSA) is 79.9 Å². The summed E-state index contributed by atoms with van der Waals surface area (Å²) in [6, 6.07) is 12.1. The Morgan fingerprint density at radius 1 is 1.11 bits per heavy atom. The van der Waals surface area contributed by atoms with Crippen LogP contribution in [-0.2, 0) is 16.0 Å². The zero-order chi connectivity index (χ0) is 24.3. The molecule has 3 aromatic rings. The van der Waals surface area contributed by atoms with Gasteiger partial charge in [-0.3, -0.25) is 9.59 Å². The van der Waals surface area contributed by atoms with E-state index in [0.29, 0.717) is 18.0 Å². The summed E-state index contributed by atoms with van der Waals surface area (Å²) in [4.78, 5) is 37.1. The molecule has 4 heterocycles. The van der Waals surface area contributed by atoms with Gasteiger partial charge in [0.05, 0.1) is 12.6 Å². The summed E-state index contributed by atoms with van der Waals surface area (Å²) >= 11 is 6.35. The van der Waals surface area contributed by atoms with Gasteiger partial charge in [-0.1, -0.05) is 23.7 Å². The maximum absolute atomic E-state index is 14.0. The Kier molecular flexibility index (Phi) is 5.31. The van der Waals surface area contributed by atoms with Gasteiger partial charge >= 0.3 is 0 Å². The van der Waals surface area contributed by atoms with Crippen molar-refractivity contribution in [3.63, 3.8) is 0 Å². The van der Waals surface area contributed by atoms with Gasteiger partial charge in [0.1, 0.15) is 11.3 Å². The lowest BCUT2D eigenvalue weighted by molar-refractivity contribution is -0.167. The van der Waals surface area contributed by atoms with Crippen LogP contribution in [0.2, 0.25) is 5.02 Å². The van der Waals surface area contributed by atoms with Crippen molar-refractivity contribution in [2.24, 2.45) is 0 Å². The van der Waals surface area contributed by atoms with Gasteiger partial charge in [-0.05, 0) is 74.3 Å². The number of nitrogens with zero attached hydrogens (tertiary/aromatic N) is 3. The molecule has 8 heteroatoms. The number of aromatic amines is 1. The number of phenols is 1. The third-order valence-electron chi connectivity index (χ3n) is 7.90. The highest BCUT2D eigenvalue weighted by molar-refractivity contribution is 6.31. The molecule has 3 aliphatic heterocycles. The second-order valence-corrected chi connectivity index (χ2v) is 10.6. The molecule has 1 aromatic heterocycles. The second kappa shape index (κ2) is 8.28. The fraction of sp³-hybridized carbons (Fsp3) is 0.407. The van der Waals surface area contributed by atoms with Gasteiger partial charge in [0.2, 0.25) is 11.8 Å². The van der Waals surface area contributed by atoms with Crippen molar-refractivity contribution in [3.8, 4) is 5.75 Å². The quantitative estimate of drug-likeness (QED) is 0.582. The summed E-state index contributed by atoms with van der Waals surface area (Å²) in [5, 5.41) is 11.8. The lowest BCUT2D eigenvalue weighted by Crippen LogP contribution is -2.70. The number of hydrogen-bond donors (Lipinski definition) is 2. The van der Waals surface area contributed by atoms with Crippen LogP contribution in [0.3, 0.4) is 0 Å². The zero-order valence-electron chi connectivity index (χ0n) is 19.8. The standard InChI is InChI=1S/C27H29ClN4O3/c1-27-15-21-20-14-18(28)7-8-22(20)29-24(21)25(17-5-4-6-19(33)13-17)32(27)23(34)16-31(26(27)35)12-11-30-9-2-3-10-30/h4-8,13-14,25,29,33H,2-3,9-12,15-16H2,1H3/t25-,27+/m1/s1. The Balaban J connectivity index is 1.46. The van der Waals surface area contributed by atoms with E-state index in [1.807, 2.05) is 31.2 Å². The number of likely N-dealkylation sites (tertiary alicyclic amines) is 1. The Morgan fingerprint density at radius 3 is 2.69 bits per heavy atom. The number of benzene rings is 2.